The van der Waals surface area contributed by atoms with Crippen LogP contribution in [-0.2, 0) is 19.4 Å². The molecule has 1 amide bonds. The molecular weight excluding hydrogens is 222 g/mol. The minimum absolute atomic E-state index is 0.142. The molecule has 0 aromatic heterocycles. The van der Waals surface area contributed by atoms with Gasteiger partial charge in [0, 0.05) is 13.5 Å². The van der Waals surface area contributed by atoms with Crippen LogP contribution in [0.5, 0.6) is 0 Å². The van der Waals surface area contributed by atoms with Crippen LogP contribution in [0.4, 0.5) is 0 Å². The molecule has 0 rings (SSSR count). The number of nitrogens with one attached hydrogen (secondary N) is 1. The van der Waals surface area contributed by atoms with Gasteiger partial charge in [0.05, 0.1) is 17.9 Å². The fraction of sp³-hybridized carbons (Fsp3) is 0.750. The number of sulfone groups is 1. The topological polar surface area (TPSA) is 101 Å². The monoisotopic (exact) mass is 237 g/mol. The smallest absolute Gasteiger partial charge is 0.304 e. The molecule has 0 heterocycles. The fourth-order valence-electron chi connectivity index (χ4n) is 0.923. The predicted molar refractivity (Wildman–Crippen MR) is 54.2 cm³/mol. The van der Waals surface area contributed by atoms with Gasteiger partial charge in [0.25, 0.3) is 0 Å². The minimum atomic E-state index is -3.34. The van der Waals surface area contributed by atoms with Gasteiger partial charge in [-0.05, 0) is 6.42 Å². The summed E-state index contributed by atoms with van der Waals surface area (Å²) in [5.74, 6) is -1.86. The molecule has 0 aliphatic rings. The van der Waals surface area contributed by atoms with Crippen LogP contribution >= 0.6 is 0 Å². The predicted octanol–water partition coefficient (Wildman–Crippen LogP) is -0.598. The summed E-state index contributed by atoms with van der Waals surface area (Å²) >= 11 is 0. The first-order valence-electron chi connectivity index (χ1n) is 4.50. The van der Waals surface area contributed by atoms with E-state index in [1.165, 1.54) is 7.05 Å². The first kappa shape index (κ1) is 13.9. The third-order valence-corrected chi connectivity index (χ3v) is 3.50. The Morgan fingerprint density at radius 2 is 1.80 bits per heavy atom. The van der Waals surface area contributed by atoms with Gasteiger partial charge in [-0.15, -0.1) is 0 Å². The van der Waals surface area contributed by atoms with Crippen molar-refractivity contribution in [2.75, 3.05) is 18.6 Å². The zero-order valence-corrected chi connectivity index (χ0v) is 9.34. The first-order valence-corrected chi connectivity index (χ1v) is 6.32. The highest BCUT2D eigenvalue weighted by atomic mass is 32.2. The Morgan fingerprint density at radius 3 is 2.27 bits per heavy atom. The summed E-state index contributed by atoms with van der Waals surface area (Å²) in [7, 11) is -1.87. The number of hydrogen-bond donors (Lipinski definition) is 2. The average Bonchev–Trinajstić information content (AvgIpc) is 2.14. The Bertz CT molecular complexity index is 322. The van der Waals surface area contributed by atoms with Gasteiger partial charge >= 0.3 is 5.97 Å². The first-order chi connectivity index (χ1) is 6.87. The van der Waals surface area contributed by atoms with E-state index in [1.54, 1.807) is 0 Å². The van der Waals surface area contributed by atoms with Crippen molar-refractivity contribution in [3.05, 3.63) is 0 Å². The highest BCUT2D eigenvalue weighted by Gasteiger charge is 2.13. The van der Waals surface area contributed by atoms with E-state index in [0.29, 0.717) is 0 Å². The largest absolute Gasteiger partial charge is 0.481 e. The van der Waals surface area contributed by atoms with Gasteiger partial charge in [-0.25, -0.2) is 8.42 Å². The van der Waals surface area contributed by atoms with Crippen molar-refractivity contribution in [2.45, 2.75) is 19.3 Å². The molecule has 2 N–H and O–H groups in total. The molecule has 0 saturated heterocycles. The number of amides is 1. The second-order valence-electron chi connectivity index (χ2n) is 3.07. The van der Waals surface area contributed by atoms with Gasteiger partial charge in [0.1, 0.15) is 0 Å². The Morgan fingerprint density at radius 1 is 1.20 bits per heavy atom. The summed E-state index contributed by atoms with van der Waals surface area (Å²) in [4.78, 5) is 20.9. The lowest BCUT2D eigenvalue weighted by Gasteiger charge is -2.02. The normalized spacial score (nSPS) is 11.0. The highest BCUT2D eigenvalue weighted by molar-refractivity contribution is 7.91. The summed E-state index contributed by atoms with van der Waals surface area (Å²) in [5, 5.41) is 10.7. The molecule has 6 nitrogen and oxygen atoms in total. The van der Waals surface area contributed by atoms with Gasteiger partial charge < -0.3 is 10.4 Å². The van der Waals surface area contributed by atoms with Crippen LogP contribution in [0.2, 0.25) is 0 Å². The molecule has 15 heavy (non-hydrogen) atoms. The second-order valence-corrected chi connectivity index (χ2v) is 5.38. The maximum atomic E-state index is 11.2. The molecule has 0 atom stereocenters. The molecule has 0 fully saturated rings. The summed E-state index contributed by atoms with van der Waals surface area (Å²) < 4.78 is 22.4. The third-order valence-electron chi connectivity index (χ3n) is 1.76. The van der Waals surface area contributed by atoms with Crippen molar-refractivity contribution in [1.29, 1.82) is 0 Å². The maximum absolute atomic E-state index is 11.2. The number of aliphatic carboxylic acids is 1. The van der Waals surface area contributed by atoms with Crippen LogP contribution in [0.3, 0.4) is 0 Å². The Hall–Kier alpha value is -1.11. The summed E-state index contributed by atoms with van der Waals surface area (Å²) in [5.41, 5.74) is 0. The molecule has 0 radical (unpaired) electrons. The lowest BCUT2D eigenvalue weighted by atomic mass is 10.3. The van der Waals surface area contributed by atoms with Gasteiger partial charge in [-0.1, -0.05) is 0 Å². The summed E-state index contributed by atoms with van der Waals surface area (Å²) in [6.45, 7) is 0. The van der Waals surface area contributed by atoms with Crippen molar-refractivity contribution in [2.24, 2.45) is 0 Å². The van der Waals surface area contributed by atoms with Gasteiger partial charge in [0.15, 0.2) is 9.84 Å². The van der Waals surface area contributed by atoms with E-state index in [1.807, 2.05) is 0 Å². The number of carbonyl (C=O) groups is 2. The van der Waals surface area contributed by atoms with E-state index >= 15 is 0 Å². The molecule has 0 saturated carbocycles. The zero-order chi connectivity index (χ0) is 11.9. The van der Waals surface area contributed by atoms with E-state index in [0.717, 1.165) is 0 Å². The van der Waals surface area contributed by atoms with Crippen LogP contribution in [0.15, 0.2) is 0 Å². The van der Waals surface area contributed by atoms with Crippen LogP contribution in [0, 0.1) is 0 Å². The number of carbonyl (C=O) groups excluding carboxylic acids is 1. The van der Waals surface area contributed by atoms with Crippen molar-refractivity contribution in [3.63, 3.8) is 0 Å². The molecule has 7 heteroatoms. The molecular formula is C8H15NO5S. The average molecular weight is 237 g/mol. The molecule has 0 aliphatic heterocycles. The van der Waals surface area contributed by atoms with Crippen molar-refractivity contribution >= 4 is 21.7 Å². The number of carboxylic acid groups (broad SMARTS) is 1. The number of carboxylic acids is 1. The molecule has 0 aromatic carbocycles. The van der Waals surface area contributed by atoms with Crippen molar-refractivity contribution in [1.82, 2.24) is 5.32 Å². The quantitative estimate of drug-likeness (QED) is 0.616. The van der Waals surface area contributed by atoms with Gasteiger partial charge in [-0.3, -0.25) is 9.59 Å². The summed E-state index contributed by atoms with van der Waals surface area (Å²) in [6.07, 6.45) is -0.0211. The molecule has 0 aromatic rings. The Labute approximate surface area is 88.6 Å². The lowest BCUT2D eigenvalue weighted by molar-refractivity contribution is -0.136. The van der Waals surface area contributed by atoms with Crippen molar-refractivity contribution in [3.8, 4) is 0 Å². The van der Waals surface area contributed by atoms with Crippen LogP contribution in [-0.4, -0.2) is 44.0 Å². The standard InChI is InChI=1S/C8H15NO5S/c1-9-7(10)3-2-5-15(13,14)6-4-8(11)12/h2-6H2,1H3,(H,9,10)(H,11,12). The molecule has 88 valence electrons. The highest BCUT2D eigenvalue weighted by Crippen LogP contribution is 1.99. The minimum Gasteiger partial charge on any atom is -0.481 e. The molecule has 0 spiro atoms. The van der Waals surface area contributed by atoms with E-state index in [-0.39, 0.29) is 36.7 Å². The maximum Gasteiger partial charge on any atom is 0.304 e. The zero-order valence-electron chi connectivity index (χ0n) is 8.52. The van der Waals surface area contributed by atoms with Gasteiger partial charge in [-0.2, -0.15) is 0 Å². The molecule has 0 aliphatic carbocycles. The van der Waals surface area contributed by atoms with E-state index in [2.05, 4.69) is 5.32 Å². The molecule has 0 bridgehead atoms. The van der Waals surface area contributed by atoms with E-state index in [9.17, 15) is 18.0 Å². The van der Waals surface area contributed by atoms with E-state index in [4.69, 9.17) is 5.11 Å². The Kier molecular flexibility index (Phi) is 5.92. The van der Waals surface area contributed by atoms with Crippen LogP contribution < -0.4 is 5.32 Å². The molecule has 0 unspecified atom stereocenters. The van der Waals surface area contributed by atoms with Crippen molar-refractivity contribution < 1.29 is 23.1 Å². The number of rotatable bonds is 7. The SMILES string of the molecule is CNC(=O)CCCS(=O)(=O)CCC(=O)O. The van der Waals surface area contributed by atoms with Gasteiger partial charge in [0.2, 0.25) is 5.91 Å². The van der Waals surface area contributed by atoms with E-state index < -0.39 is 15.8 Å². The third kappa shape index (κ3) is 7.92. The second kappa shape index (κ2) is 6.39. The van der Waals surface area contributed by atoms with Crippen LogP contribution in [0.1, 0.15) is 19.3 Å². The number of hydrogen-bond acceptors (Lipinski definition) is 4. The summed E-state index contributed by atoms with van der Waals surface area (Å²) in [6, 6.07) is 0. The Balaban J connectivity index is 3.84. The lowest BCUT2D eigenvalue weighted by Crippen LogP contribution is -2.20. The fourth-order valence-corrected chi connectivity index (χ4v) is 2.20. The van der Waals surface area contributed by atoms with Crippen LogP contribution in [0.25, 0.3) is 0 Å².